The van der Waals surface area contributed by atoms with Crippen molar-refractivity contribution in [1.82, 2.24) is 4.98 Å². The molecule has 0 aliphatic heterocycles. The number of rotatable bonds is 10. The maximum absolute atomic E-state index is 5.80. The summed E-state index contributed by atoms with van der Waals surface area (Å²) in [6.45, 7) is 5.22. The van der Waals surface area contributed by atoms with E-state index < -0.39 is 0 Å². The molecule has 0 fully saturated rings. The molecule has 0 aliphatic carbocycles. The highest BCUT2D eigenvalue weighted by Crippen LogP contribution is 2.26. The fourth-order valence-electron chi connectivity index (χ4n) is 3.24. The minimum atomic E-state index is 0.799. The second-order valence-corrected chi connectivity index (χ2v) is 7.30. The smallest absolute Gasteiger partial charge is 0.119 e. The first kappa shape index (κ1) is 20.1. The van der Waals surface area contributed by atoms with E-state index in [1.807, 2.05) is 6.20 Å². The summed E-state index contributed by atoms with van der Waals surface area (Å²) in [5.74, 6) is 0.950. The Morgan fingerprint density at radius 2 is 1.21 bits per heavy atom. The van der Waals surface area contributed by atoms with Gasteiger partial charge in [-0.15, -0.1) is 0 Å². The fourth-order valence-corrected chi connectivity index (χ4v) is 3.24. The van der Waals surface area contributed by atoms with Gasteiger partial charge in [0, 0.05) is 17.5 Å². The van der Waals surface area contributed by atoms with E-state index in [-0.39, 0.29) is 0 Å². The van der Waals surface area contributed by atoms with Crippen LogP contribution in [0.1, 0.15) is 51.6 Å². The molecule has 146 valence electrons. The lowest BCUT2D eigenvalue weighted by atomic mass is 10.0. The molecule has 0 radical (unpaired) electrons. The second kappa shape index (κ2) is 10.7. The van der Waals surface area contributed by atoms with E-state index in [1.54, 1.807) is 0 Å². The maximum atomic E-state index is 5.80. The van der Waals surface area contributed by atoms with Gasteiger partial charge in [-0.2, -0.15) is 0 Å². The van der Waals surface area contributed by atoms with Gasteiger partial charge in [0.05, 0.1) is 6.61 Å². The van der Waals surface area contributed by atoms with E-state index >= 15 is 0 Å². The number of pyridine rings is 1. The third kappa shape index (κ3) is 5.69. The van der Waals surface area contributed by atoms with Crippen molar-refractivity contribution in [3.63, 3.8) is 0 Å². The second-order valence-electron chi connectivity index (χ2n) is 7.30. The van der Waals surface area contributed by atoms with Crippen molar-refractivity contribution in [3.8, 4) is 28.0 Å². The molecule has 0 saturated carbocycles. The standard InChI is InChI=1S/C26H31NO/c1-3-5-7-19-28-26-17-14-22(15-18-26)21-9-11-23(12-10-21)24-13-16-25(27-20-24)8-6-4-2/h9-18,20H,3-8,19H2,1-2H3. The molecule has 1 heterocycles. The fraction of sp³-hybridized carbons (Fsp3) is 0.346. The molecule has 2 nitrogen and oxygen atoms in total. The van der Waals surface area contributed by atoms with Crippen LogP contribution in [-0.4, -0.2) is 11.6 Å². The minimum absolute atomic E-state index is 0.799. The zero-order valence-electron chi connectivity index (χ0n) is 17.2. The monoisotopic (exact) mass is 373 g/mol. The molecule has 28 heavy (non-hydrogen) atoms. The van der Waals surface area contributed by atoms with Gasteiger partial charge >= 0.3 is 0 Å². The van der Waals surface area contributed by atoms with Crippen molar-refractivity contribution < 1.29 is 4.74 Å². The Labute approximate surface area is 169 Å². The van der Waals surface area contributed by atoms with Crippen LogP contribution in [0.4, 0.5) is 0 Å². The Kier molecular flexibility index (Phi) is 7.66. The molecule has 0 aliphatic rings. The van der Waals surface area contributed by atoms with Crippen LogP contribution in [0.5, 0.6) is 5.75 Å². The molecule has 3 rings (SSSR count). The third-order valence-corrected chi connectivity index (χ3v) is 5.03. The predicted molar refractivity (Wildman–Crippen MR) is 119 cm³/mol. The largest absolute Gasteiger partial charge is 0.494 e. The highest BCUT2D eigenvalue weighted by atomic mass is 16.5. The number of ether oxygens (including phenoxy) is 1. The van der Waals surface area contributed by atoms with Gasteiger partial charge in [0.25, 0.3) is 0 Å². The Bertz CT molecular complexity index is 820. The number of unbranched alkanes of at least 4 members (excludes halogenated alkanes) is 3. The van der Waals surface area contributed by atoms with Crippen LogP contribution in [0, 0.1) is 0 Å². The molecule has 2 aromatic carbocycles. The first-order valence-corrected chi connectivity index (χ1v) is 10.6. The van der Waals surface area contributed by atoms with Crippen LogP contribution in [0.25, 0.3) is 22.3 Å². The molecular weight excluding hydrogens is 342 g/mol. The van der Waals surface area contributed by atoms with Crippen molar-refractivity contribution in [2.24, 2.45) is 0 Å². The molecular formula is C26H31NO. The van der Waals surface area contributed by atoms with Crippen LogP contribution in [0.3, 0.4) is 0 Å². The number of hydrogen-bond acceptors (Lipinski definition) is 2. The van der Waals surface area contributed by atoms with Gasteiger partial charge < -0.3 is 4.74 Å². The maximum Gasteiger partial charge on any atom is 0.119 e. The molecule has 0 N–H and O–H groups in total. The normalized spacial score (nSPS) is 10.8. The Morgan fingerprint density at radius 3 is 1.79 bits per heavy atom. The lowest BCUT2D eigenvalue weighted by Gasteiger charge is -2.08. The van der Waals surface area contributed by atoms with Crippen molar-refractivity contribution in [3.05, 3.63) is 72.6 Å². The van der Waals surface area contributed by atoms with Gasteiger partial charge in [-0.25, -0.2) is 0 Å². The summed E-state index contributed by atoms with van der Waals surface area (Å²) in [5.41, 5.74) is 5.98. The van der Waals surface area contributed by atoms with Crippen LogP contribution in [-0.2, 0) is 6.42 Å². The summed E-state index contributed by atoms with van der Waals surface area (Å²) >= 11 is 0. The van der Waals surface area contributed by atoms with Crippen LogP contribution < -0.4 is 4.74 Å². The Hall–Kier alpha value is -2.61. The number of nitrogens with zero attached hydrogens (tertiary/aromatic N) is 1. The first-order chi connectivity index (χ1) is 13.8. The zero-order chi connectivity index (χ0) is 19.6. The average Bonchev–Trinajstić information content (AvgIpc) is 2.76. The van der Waals surface area contributed by atoms with Gasteiger partial charge in [-0.3, -0.25) is 4.98 Å². The van der Waals surface area contributed by atoms with Crippen molar-refractivity contribution >= 4 is 0 Å². The minimum Gasteiger partial charge on any atom is -0.494 e. The van der Waals surface area contributed by atoms with Crippen LogP contribution in [0.2, 0.25) is 0 Å². The van der Waals surface area contributed by atoms with Gasteiger partial charge in [0.2, 0.25) is 0 Å². The molecule has 0 bridgehead atoms. The zero-order valence-corrected chi connectivity index (χ0v) is 17.2. The van der Waals surface area contributed by atoms with E-state index in [0.29, 0.717) is 0 Å². The van der Waals surface area contributed by atoms with Gasteiger partial charge in [0.15, 0.2) is 0 Å². The Morgan fingerprint density at radius 1 is 0.643 bits per heavy atom. The summed E-state index contributed by atoms with van der Waals surface area (Å²) in [5, 5.41) is 0. The molecule has 0 atom stereocenters. The molecule has 1 aromatic heterocycles. The highest BCUT2D eigenvalue weighted by Gasteiger charge is 2.03. The van der Waals surface area contributed by atoms with Gasteiger partial charge in [0.1, 0.15) is 5.75 Å². The van der Waals surface area contributed by atoms with E-state index in [2.05, 4.69) is 79.5 Å². The number of aromatic nitrogens is 1. The molecule has 0 unspecified atom stereocenters. The summed E-state index contributed by atoms with van der Waals surface area (Å²) < 4.78 is 5.80. The first-order valence-electron chi connectivity index (χ1n) is 10.6. The Balaban J connectivity index is 1.62. The quantitative estimate of drug-likeness (QED) is 0.347. The lowest BCUT2D eigenvalue weighted by Crippen LogP contribution is -1.96. The lowest BCUT2D eigenvalue weighted by molar-refractivity contribution is 0.306. The predicted octanol–water partition coefficient (Wildman–Crippen LogP) is 7.33. The van der Waals surface area contributed by atoms with E-state index in [9.17, 15) is 0 Å². The van der Waals surface area contributed by atoms with Crippen LogP contribution >= 0.6 is 0 Å². The summed E-state index contributed by atoms with van der Waals surface area (Å²) in [6.07, 6.45) is 9.02. The van der Waals surface area contributed by atoms with Gasteiger partial charge in [-0.05, 0) is 54.2 Å². The van der Waals surface area contributed by atoms with Crippen molar-refractivity contribution in [1.29, 1.82) is 0 Å². The third-order valence-electron chi connectivity index (χ3n) is 5.03. The summed E-state index contributed by atoms with van der Waals surface area (Å²) in [7, 11) is 0. The number of hydrogen-bond donors (Lipinski definition) is 0. The summed E-state index contributed by atoms with van der Waals surface area (Å²) in [4.78, 5) is 4.60. The number of aryl methyl sites for hydroxylation is 1. The molecule has 3 aromatic rings. The SMILES string of the molecule is CCCCCOc1ccc(-c2ccc(-c3ccc(CCCC)nc3)cc2)cc1. The average molecular weight is 374 g/mol. The van der Waals surface area contributed by atoms with E-state index in [1.165, 1.54) is 53.6 Å². The van der Waals surface area contributed by atoms with Gasteiger partial charge in [-0.1, -0.05) is 75.6 Å². The van der Waals surface area contributed by atoms with E-state index in [0.717, 1.165) is 25.2 Å². The molecule has 0 spiro atoms. The van der Waals surface area contributed by atoms with Crippen molar-refractivity contribution in [2.45, 2.75) is 52.4 Å². The topological polar surface area (TPSA) is 22.1 Å². The number of benzene rings is 2. The molecule has 2 heteroatoms. The van der Waals surface area contributed by atoms with Crippen molar-refractivity contribution in [2.75, 3.05) is 6.61 Å². The molecule has 0 saturated heterocycles. The van der Waals surface area contributed by atoms with Crippen LogP contribution in [0.15, 0.2) is 66.9 Å². The highest BCUT2D eigenvalue weighted by molar-refractivity contribution is 5.70. The molecule has 0 amide bonds. The summed E-state index contributed by atoms with van der Waals surface area (Å²) in [6, 6.07) is 21.4. The van der Waals surface area contributed by atoms with E-state index in [4.69, 9.17) is 4.74 Å².